The molecule has 2 unspecified atom stereocenters. The molecule has 1 heteroatoms. The predicted molar refractivity (Wildman–Crippen MR) is 111 cm³/mol. The van der Waals surface area contributed by atoms with Crippen LogP contribution in [0.5, 0.6) is 0 Å². The van der Waals surface area contributed by atoms with Gasteiger partial charge in [0, 0.05) is 0 Å². The largest absolute Gasteiger partial charge is 0.0912 e. The Bertz CT molecular complexity index is 567. The third-order valence-corrected chi connectivity index (χ3v) is 8.86. The second-order valence-electron chi connectivity index (χ2n) is 9.24. The van der Waals surface area contributed by atoms with Crippen LogP contribution in [0.4, 0.5) is 0 Å². The maximum Gasteiger partial charge on any atom is -0.00386 e. The van der Waals surface area contributed by atoms with Crippen molar-refractivity contribution >= 4 is 7.92 Å². The maximum absolute atomic E-state index is 2.53. The molecule has 0 spiro atoms. The van der Waals surface area contributed by atoms with Gasteiger partial charge < -0.3 is 0 Å². The summed E-state index contributed by atoms with van der Waals surface area (Å²) in [5.74, 6) is 1.22. The zero-order chi connectivity index (χ0) is 18.0. The van der Waals surface area contributed by atoms with E-state index >= 15 is 0 Å². The molecule has 2 atom stereocenters. The van der Waals surface area contributed by atoms with E-state index in [1.54, 1.807) is 5.57 Å². The summed E-state index contributed by atoms with van der Waals surface area (Å²) in [6.45, 7) is 16.8. The second-order valence-corrected chi connectivity index (χ2v) is 13.1. The molecule has 1 aliphatic rings. The summed E-state index contributed by atoms with van der Waals surface area (Å²) in [6, 6.07) is 10.9. The first-order valence-corrected chi connectivity index (χ1v) is 10.8. The third-order valence-electron chi connectivity index (χ3n) is 4.94. The van der Waals surface area contributed by atoms with Crippen molar-refractivity contribution in [2.75, 3.05) is 6.16 Å². The van der Waals surface area contributed by atoms with Crippen LogP contribution in [0, 0.1) is 5.92 Å². The fourth-order valence-electron chi connectivity index (χ4n) is 3.87. The van der Waals surface area contributed by atoms with Gasteiger partial charge in [-0.25, -0.2) is 0 Å². The van der Waals surface area contributed by atoms with Gasteiger partial charge in [0.1, 0.15) is 0 Å². The Morgan fingerprint density at radius 1 is 0.958 bits per heavy atom. The molecule has 24 heavy (non-hydrogen) atoms. The Kier molecular flexibility index (Phi) is 6.14. The smallest absolute Gasteiger partial charge is 0.00386 e. The van der Waals surface area contributed by atoms with E-state index in [0.29, 0.717) is 22.1 Å². The van der Waals surface area contributed by atoms with Gasteiger partial charge in [-0.3, -0.25) is 0 Å². The van der Waals surface area contributed by atoms with Crippen molar-refractivity contribution in [3.63, 3.8) is 0 Å². The van der Waals surface area contributed by atoms with Gasteiger partial charge in [0.2, 0.25) is 0 Å². The highest BCUT2D eigenvalue weighted by Crippen LogP contribution is 2.60. The number of rotatable bonds is 5. The molecule has 0 nitrogen and oxygen atoms in total. The molecule has 1 aliphatic carbocycles. The van der Waals surface area contributed by atoms with Gasteiger partial charge in [-0.1, -0.05) is 105 Å². The van der Waals surface area contributed by atoms with E-state index in [4.69, 9.17) is 0 Å². The Morgan fingerprint density at radius 2 is 1.54 bits per heavy atom. The minimum Gasteiger partial charge on any atom is -0.0912 e. The number of benzene rings is 1. The maximum atomic E-state index is 2.53. The summed E-state index contributed by atoms with van der Waals surface area (Å²) < 4.78 is 0. The van der Waals surface area contributed by atoms with E-state index in [-0.39, 0.29) is 7.92 Å². The summed E-state index contributed by atoms with van der Waals surface area (Å²) in [5, 5.41) is 0.801. The van der Waals surface area contributed by atoms with Crippen LogP contribution in [0.3, 0.4) is 0 Å². The SMILES string of the molecule is CC(CC1C=CC(CP(C(C)(C)C)C(C)(C)C)=C1)c1ccccc1. The second kappa shape index (κ2) is 7.57. The van der Waals surface area contributed by atoms with E-state index in [1.165, 1.54) is 18.1 Å². The fourth-order valence-corrected chi connectivity index (χ4v) is 7.41. The monoisotopic (exact) mass is 342 g/mol. The lowest BCUT2D eigenvalue weighted by Gasteiger charge is -2.41. The topological polar surface area (TPSA) is 0 Å². The lowest BCUT2D eigenvalue weighted by molar-refractivity contribution is 0.612. The molecule has 0 saturated heterocycles. The van der Waals surface area contributed by atoms with Gasteiger partial charge in [-0.05, 0) is 45.9 Å². The molecule has 0 radical (unpaired) electrons. The van der Waals surface area contributed by atoms with E-state index in [9.17, 15) is 0 Å². The van der Waals surface area contributed by atoms with Crippen molar-refractivity contribution in [1.82, 2.24) is 0 Å². The van der Waals surface area contributed by atoms with Crippen LogP contribution in [0.2, 0.25) is 0 Å². The highest BCUT2D eigenvalue weighted by molar-refractivity contribution is 7.61. The van der Waals surface area contributed by atoms with Gasteiger partial charge >= 0.3 is 0 Å². The summed E-state index contributed by atoms with van der Waals surface area (Å²) in [7, 11) is -0.0565. The summed E-state index contributed by atoms with van der Waals surface area (Å²) in [4.78, 5) is 0. The minimum atomic E-state index is -0.0565. The molecular formula is C23H35P. The number of allylic oxidation sites excluding steroid dienone is 4. The highest BCUT2D eigenvalue weighted by atomic mass is 31.1. The van der Waals surface area contributed by atoms with E-state index in [1.807, 2.05) is 0 Å². The molecule has 1 aromatic carbocycles. The van der Waals surface area contributed by atoms with Crippen LogP contribution in [0.15, 0.2) is 54.1 Å². The minimum absolute atomic E-state index is 0.0565. The summed E-state index contributed by atoms with van der Waals surface area (Å²) >= 11 is 0. The summed E-state index contributed by atoms with van der Waals surface area (Å²) in [6.07, 6.45) is 9.83. The first kappa shape index (κ1) is 19.5. The molecule has 2 rings (SSSR count). The van der Waals surface area contributed by atoms with Crippen LogP contribution < -0.4 is 0 Å². The van der Waals surface area contributed by atoms with Crippen molar-refractivity contribution in [2.45, 2.75) is 71.1 Å². The zero-order valence-corrected chi connectivity index (χ0v) is 17.5. The first-order valence-electron chi connectivity index (χ1n) is 9.29. The Morgan fingerprint density at radius 3 is 2.08 bits per heavy atom. The first-order chi connectivity index (χ1) is 11.1. The highest BCUT2D eigenvalue weighted by Gasteiger charge is 2.34. The predicted octanol–water partition coefficient (Wildman–Crippen LogP) is 7.37. The van der Waals surface area contributed by atoms with Gasteiger partial charge in [-0.15, -0.1) is 0 Å². The zero-order valence-electron chi connectivity index (χ0n) is 16.6. The van der Waals surface area contributed by atoms with Crippen LogP contribution in [-0.4, -0.2) is 16.5 Å². The molecule has 1 aromatic rings. The lowest BCUT2D eigenvalue weighted by Crippen LogP contribution is -2.26. The Hall–Kier alpha value is -0.870. The van der Waals surface area contributed by atoms with E-state index in [2.05, 4.69) is 97.0 Å². The van der Waals surface area contributed by atoms with Crippen molar-refractivity contribution in [2.24, 2.45) is 5.92 Å². The van der Waals surface area contributed by atoms with Crippen molar-refractivity contribution in [1.29, 1.82) is 0 Å². The molecule has 0 bridgehead atoms. The third kappa shape index (κ3) is 5.32. The van der Waals surface area contributed by atoms with Gasteiger partial charge in [0.15, 0.2) is 0 Å². The van der Waals surface area contributed by atoms with Crippen molar-refractivity contribution in [3.8, 4) is 0 Å². The van der Waals surface area contributed by atoms with Crippen molar-refractivity contribution < 1.29 is 0 Å². The molecule has 0 saturated carbocycles. The number of hydrogen-bond acceptors (Lipinski definition) is 0. The van der Waals surface area contributed by atoms with Crippen LogP contribution in [-0.2, 0) is 0 Å². The van der Waals surface area contributed by atoms with Crippen LogP contribution in [0.1, 0.15) is 66.4 Å². The van der Waals surface area contributed by atoms with Gasteiger partial charge in [0.05, 0.1) is 0 Å². The standard InChI is InChI=1S/C23H35P/c1-18(21-11-9-8-10-12-21)15-19-13-14-20(16-19)17-24(22(2,3)4)23(5,6)7/h8-14,16,18-19H,15,17H2,1-7H3. The molecule has 0 N–H and O–H groups in total. The molecule has 0 aromatic heterocycles. The molecular weight excluding hydrogens is 307 g/mol. The molecule has 0 fully saturated rings. The van der Waals surface area contributed by atoms with E-state index in [0.717, 1.165) is 0 Å². The van der Waals surface area contributed by atoms with Crippen LogP contribution >= 0.6 is 7.92 Å². The van der Waals surface area contributed by atoms with Crippen LogP contribution in [0.25, 0.3) is 0 Å². The van der Waals surface area contributed by atoms with E-state index < -0.39 is 0 Å². The normalized spacial score (nSPS) is 19.7. The Labute approximate surface area is 151 Å². The Balaban J connectivity index is 2.02. The molecule has 0 amide bonds. The molecule has 0 aliphatic heterocycles. The fraction of sp³-hybridized carbons (Fsp3) is 0.565. The average molecular weight is 343 g/mol. The van der Waals surface area contributed by atoms with Gasteiger partial charge in [0.25, 0.3) is 0 Å². The average Bonchev–Trinajstić information content (AvgIpc) is 2.91. The van der Waals surface area contributed by atoms with Gasteiger partial charge in [-0.2, -0.15) is 0 Å². The van der Waals surface area contributed by atoms with Crippen molar-refractivity contribution in [3.05, 3.63) is 59.7 Å². The number of hydrogen-bond donors (Lipinski definition) is 0. The molecule has 0 heterocycles. The quantitative estimate of drug-likeness (QED) is 0.490. The summed E-state index contributed by atoms with van der Waals surface area (Å²) in [5.41, 5.74) is 3.02. The molecule has 132 valence electrons. The lowest BCUT2D eigenvalue weighted by atomic mass is 9.91.